The second-order valence-corrected chi connectivity index (χ2v) is 3.90. The third-order valence-corrected chi connectivity index (χ3v) is 2.98. The van der Waals surface area contributed by atoms with Gasteiger partial charge in [-0.1, -0.05) is 0 Å². The van der Waals surface area contributed by atoms with Crippen molar-refractivity contribution in [3.63, 3.8) is 0 Å². The molecule has 1 atom stereocenters. The van der Waals surface area contributed by atoms with Gasteiger partial charge in [-0.15, -0.1) is 0 Å². The zero-order valence-corrected chi connectivity index (χ0v) is 7.98. The van der Waals surface area contributed by atoms with E-state index in [4.69, 9.17) is 5.11 Å². The van der Waals surface area contributed by atoms with E-state index in [0.29, 0.717) is 6.54 Å². The number of fused-ring (bicyclic) bond motifs is 1. The van der Waals surface area contributed by atoms with Gasteiger partial charge in [0.05, 0.1) is 0 Å². The molecule has 0 aromatic heterocycles. The summed E-state index contributed by atoms with van der Waals surface area (Å²) in [6.45, 7) is 1.32. The number of amides is 2. The molecule has 14 heavy (non-hydrogen) atoms. The molecule has 0 aromatic rings. The molecule has 2 heterocycles. The Bertz CT molecular complexity index is 267. The van der Waals surface area contributed by atoms with Gasteiger partial charge in [0.25, 0.3) is 0 Å². The lowest BCUT2D eigenvalue weighted by Gasteiger charge is -2.42. The van der Waals surface area contributed by atoms with Crippen molar-refractivity contribution in [3.8, 4) is 0 Å². The van der Waals surface area contributed by atoms with E-state index in [0.717, 1.165) is 25.8 Å². The molecule has 0 saturated carbocycles. The zero-order valence-electron chi connectivity index (χ0n) is 7.98. The Morgan fingerprint density at radius 1 is 1.43 bits per heavy atom. The smallest absolute Gasteiger partial charge is 0.407 e. The predicted octanol–water partition coefficient (Wildman–Crippen LogP) is 0.361. The quantitative estimate of drug-likeness (QED) is 0.611. The molecule has 1 N–H and O–H groups in total. The lowest BCUT2D eigenvalue weighted by atomic mass is 9.99. The monoisotopic (exact) mass is 198 g/mol. The molecular formula is C9H14N2O3. The van der Waals surface area contributed by atoms with Gasteiger partial charge < -0.3 is 10.0 Å². The van der Waals surface area contributed by atoms with Crippen molar-refractivity contribution in [3.05, 3.63) is 0 Å². The average molecular weight is 198 g/mol. The van der Waals surface area contributed by atoms with Crippen LogP contribution in [-0.4, -0.2) is 52.6 Å². The van der Waals surface area contributed by atoms with Crippen LogP contribution < -0.4 is 0 Å². The molecule has 2 amide bonds. The molecule has 2 aliphatic heterocycles. The van der Waals surface area contributed by atoms with Gasteiger partial charge in [-0.2, -0.15) is 0 Å². The van der Waals surface area contributed by atoms with E-state index >= 15 is 0 Å². The number of rotatable bonds is 0. The molecular weight excluding hydrogens is 184 g/mol. The lowest BCUT2D eigenvalue weighted by molar-refractivity contribution is -0.140. The molecule has 5 heteroatoms. The average Bonchev–Trinajstić information content (AvgIpc) is 2.17. The summed E-state index contributed by atoms with van der Waals surface area (Å²) in [5, 5.41) is 8.80. The van der Waals surface area contributed by atoms with Crippen molar-refractivity contribution in [2.24, 2.45) is 0 Å². The molecule has 2 fully saturated rings. The molecule has 0 radical (unpaired) electrons. The molecule has 2 saturated heterocycles. The first-order valence-electron chi connectivity index (χ1n) is 4.96. The third-order valence-electron chi connectivity index (χ3n) is 2.98. The van der Waals surface area contributed by atoms with Gasteiger partial charge in [0, 0.05) is 19.1 Å². The van der Waals surface area contributed by atoms with Crippen molar-refractivity contribution in [2.45, 2.75) is 25.3 Å². The van der Waals surface area contributed by atoms with Gasteiger partial charge in [-0.05, 0) is 19.3 Å². The van der Waals surface area contributed by atoms with E-state index in [2.05, 4.69) is 0 Å². The van der Waals surface area contributed by atoms with Crippen LogP contribution >= 0.6 is 0 Å². The number of carbonyl (C=O) groups is 2. The van der Waals surface area contributed by atoms with Crippen LogP contribution in [0.5, 0.6) is 0 Å². The summed E-state index contributed by atoms with van der Waals surface area (Å²) in [5.74, 6) is -0.0386. The van der Waals surface area contributed by atoms with E-state index in [1.165, 1.54) is 4.90 Å². The highest BCUT2D eigenvalue weighted by atomic mass is 16.4. The van der Waals surface area contributed by atoms with Crippen LogP contribution in [0.1, 0.15) is 19.3 Å². The summed E-state index contributed by atoms with van der Waals surface area (Å²) < 4.78 is 0. The number of carboxylic acid groups (broad SMARTS) is 1. The molecule has 78 valence electrons. The summed E-state index contributed by atoms with van der Waals surface area (Å²) in [6, 6.07) is 0.126. The van der Waals surface area contributed by atoms with Crippen molar-refractivity contribution in [1.82, 2.24) is 9.80 Å². The normalized spacial score (nSPS) is 27.4. The molecule has 0 aliphatic carbocycles. The topological polar surface area (TPSA) is 60.9 Å². The van der Waals surface area contributed by atoms with Crippen molar-refractivity contribution in [1.29, 1.82) is 0 Å². The van der Waals surface area contributed by atoms with Crippen molar-refractivity contribution in [2.75, 3.05) is 19.6 Å². The highest BCUT2D eigenvalue weighted by molar-refractivity contribution is 5.83. The van der Waals surface area contributed by atoms with Gasteiger partial charge in [0.1, 0.15) is 6.54 Å². The first-order chi connectivity index (χ1) is 6.68. The number of piperazine rings is 1. The largest absolute Gasteiger partial charge is 0.465 e. The number of carbonyl (C=O) groups excluding carboxylic acids is 1. The van der Waals surface area contributed by atoms with E-state index in [-0.39, 0.29) is 18.5 Å². The first kappa shape index (κ1) is 9.30. The van der Waals surface area contributed by atoms with Gasteiger partial charge in [-0.25, -0.2) is 4.79 Å². The first-order valence-corrected chi connectivity index (χ1v) is 4.96. The minimum absolute atomic E-state index is 0.0336. The SMILES string of the molecule is O=C(O)N1CC(=O)N2CCCC[C@@H]2C1. The van der Waals surface area contributed by atoms with Gasteiger partial charge in [0.15, 0.2) is 0 Å². The maximum absolute atomic E-state index is 11.6. The molecule has 2 aliphatic rings. The summed E-state index contributed by atoms with van der Waals surface area (Å²) in [7, 11) is 0. The second kappa shape index (κ2) is 3.48. The fourth-order valence-electron chi connectivity index (χ4n) is 2.24. The van der Waals surface area contributed by atoms with E-state index in [1.807, 2.05) is 4.90 Å². The van der Waals surface area contributed by atoms with Crippen LogP contribution in [0.3, 0.4) is 0 Å². The standard InChI is InChI=1S/C9H14N2O3/c12-8-6-10(9(13)14)5-7-3-1-2-4-11(7)8/h7H,1-6H2,(H,13,14)/t7-/m1/s1. The van der Waals surface area contributed by atoms with Crippen molar-refractivity contribution < 1.29 is 14.7 Å². The van der Waals surface area contributed by atoms with E-state index in [9.17, 15) is 9.59 Å². The van der Waals surface area contributed by atoms with E-state index in [1.54, 1.807) is 0 Å². The van der Waals surface area contributed by atoms with Gasteiger partial charge in [-0.3, -0.25) is 9.69 Å². The minimum Gasteiger partial charge on any atom is -0.465 e. The molecule has 0 bridgehead atoms. The fraction of sp³-hybridized carbons (Fsp3) is 0.778. The highest BCUT2D eigenvalue weighted by Crippen LogP contribution is 2.21. The number of nitrogens with zero attached hydrogens (tertiary/aromatic N) is 2. The van der Waals surface area contributed by atoms with Crippen LogP contribution in [0, 0.1) is 0 Å². The zero-order chi connectivity index (χ0) is 10.1. The summed E-state index contributed by atoms with van der Waals surface area (Å²) in [5.41, 5.74) is 0. The van der Waals surface area contributed by atoms with E-state index < -0.39 is 6.09 Å². The Morgan fingerprint density at radius 2 is 2.21 bits per heavy atom. The molecule has 5 nitrogen and oxygen atoms in total. The highest BCUT2D eigenvalue weighted by Gasteiger charge is 2.35. The van der Waals surface area contributed by atoms with Gasteiger partial charge >= 0.3 is 6.09 Å². The van der Waals surface area contributed by atoms with Crippen LogP contribution in [-0.2, 0) is 4.79 Å². The summed E-state index contributed by atoms with van der Waals surface area (Å²) in [4.78, 5) is 25.3. The number of hydrogen-bond donors (Lipinski definition) is 1. The lowest BCUT2D eigenvalue weighted by Crippen LogP contribution is -2.58. The Labute approximate surface area is 82.3 Å². The Hall–Kier alpha value is -1.26. The maximum atomic E-state index is 11.6. The van der Waals surface area contributed by atoms with Crippen LogP contribution in [0.2, 0.25) is 0 Å². The number of piperidine rings is 1. The Kier molecular flexibility index (Phi) is 2.31. The van der Waals surface area contributed by atoms with Crippen LogP contribution in [0.15, 0.2) is 0 Å². The second-order valence-electron chi connectivity index (χ2n) is 3.90. The number of hydrogen-bond acceptors (Lipinski definition) is 2. The predicted molar refractivity (Wildman–Crippen MR) is 48.9 cm³/mol. The molecule has 0 aromatic carbocycles. The van der Waals surface area contributed by atoms with Crippen LogP contribution in [0.4, 0.5) is 4.79 Å². The summed E-state index contributed by atoms with van der Waals surface area (Å²) >= 11 is 0. The molecule has 2 rings (SSSR count). The fourth-order valence-corrected chi connectivity index (χ4v) is 2.24. The minimum atomic E-state index is -0.983. The van der Waals surface area contributed by atoms with Crippen LogP contribution in [0.25, 0.3) is 0 Å². The van der Waals surface area contributed by atoms with Gasteiger partial charge in [0.2, 0.25) is 5.91 Å². The Morgan fingerprint density at radius 3 is 2.93 bits per heavy atom. The molecule has 0 unspecified atom stereocenters. The Balaban J connectivity index is 2.08. The maximum Gasteiger partial charge on any atom is 0.407 e. The van der Waals surface area contributed by atoms with Crippen molar-refractivity contribution >= 4 is 12.0 Å². The molecule has 0 spiro atoms. The third kappa shape index (κ3) is 1.54. The summed E-state index contributed by atoms with van der Waals surface area (Å²) in [6.07, 6.45) is 2.11.